The molecule has 1 atom stereocenters. The van der Waals surface area contributed by atoms with Gasteiger partial charge in [-0.2, -0.15) is 0 Å². The predicted molar refractivity (Wildman–Crippen MR) is 72.5 cm³/mol. The van der Waals surface area contributed by atoms with E-state index in [2.05, 4.69) is 4.72 Å². The smallest absolute Gasteiger partial charge is 0.320 e. The van der Waals surface area contributed by atoms with Gasteiger partial charge in [-0.1, -0.05) is 12.1 Å². The van der Waals surface area contributed by atoms with E-state index in [0.717, 1.165) is 6.26 Å². The number of hydrogen-bond donors (Lipinski definition) is 2. The molecule has 0 fully saturated rings. The zero-order valence-corrected chi connectivity index (χ0v) is 12.5. The Labute approximate surface area is 117 Å². The number of benzene rings is 1. The van der Waals surface area contributed by atoms with E-state index in [1.54, 1.807) is 0 Å². The van der Waals surface area contributed by atoms with Gasteiger partial charge in [0.15, 0.2) is 15.6 Å². The molecule has 0 radical (unpaired) electrons. The van der Waals surface area contributed by atoms with Crippen LogP contribution < -0.4 is 4.72 Å². The van der Waals surface area contributed by atoms with E-state index in [1.165, 1.54) is 31.2 Å². The Morgan fingerprint density at radius 3 is 2.10 bits per heavy atom. The van der Waals surface area contributed by atoms with Gasteiger partial charge in [0.25, 0.3) is 0 Å². The molecule has 0 saturated carbocycles. The molecule has 0 saturated heterocycles. The van der Waals surface area contributed by atoms with Crippen LogP contribution in [0.25, 0.3) is 0 Å². The van der Waals surface area contributed by atoms with Gasteiger partial charge in [0.1, 0.15) is 0 Å². The summed E-state index contributed by atoms with van der Waals surface area (Å²) in [5, 5.41) is 8.47. The quantitative estimate of drug-likeness (QED) is 0.770. The highest BCUT2D eigenvalue weighted by molar-refractivity contribution is 7.90. The highest BCUT2D eigenvalue weighted by Gasteiger charge is 2.19. The van der Waals surface area contributed by atoms with Crippen LogP contribution in [0.5, 0.6) is 0 Å². The molecule has 0 aliphatic carbocycles. The van der Waals surface area contributed by atoms with E-state index in [1.807, 2.05) is 0 Å². The van der Waals surface area contributed by atoms with Crippen molar-refractivity contribution in [3.8, 4) is 0 Å². The lowest BCUT2D eigenvalue weighted by atomic mass is 10.1. The molecule has 20 heavy (non-hydrogen) atoms. The summed E-state index contributed by atoms with van der Waals surface area (Å²) < 4.78 is 47.7. The predicted octanol–water partition coefficient (Wildman–Crippen LogP) is 0.155. The average molecular weight is 321 g/mol. The van der Waals surface area contributed by atoms with Crippen LogP contribution in [0.3, 0.4) is 0 Å². The number of nitrogens with one attached hydrogen (secondary N) is 1. The topological polar surface area (TPSA) is 118 Å². The first-order valence-corrected chi connectivity index (χ1v) is 9.07. The maximum Gasteiger partial charge on any atom is 0.320 e. The molecule has 112 valence electrons. The summed E-state index contributed by atoms with van der Waals surface area (Å²) in [5.74, 6) is -2.46. The Morgan fingerprint density at radius 1 is 1.20 bits per heavy atom. The molecule has 0 aliphatic heterocycles. The first-order chi connectivity index (χ1) is 9.01. The molecule has 1 rings (SSSR count). The van der Waals surface area contributed by atoms with E-state index in [9.17, 15) is 21.6 Å². The summed E-state index contributed by atoms with van der Waals surface area (Å²) in [7, 11) is -7.25. The maximum absolute atomic E-state index is 11.5. The van der Waals surface area contributed by atoms with Crippen molar-refractivity contribution >= 4 is 25.8 Å². The lowest BCUT2D eigenvalue weighted by Crippen LogP contribution is -2.32. The van der Waals surface area contributed by atoms with Crippen molar-refractivity contribution in [1.29, 1.82) is 0 Å². The van der Waals surface area contributed by atoms with Gasteiger partial charge in [0, 0.05) is 12.3 Å². The third-order valence-electron chi connectivity index (χ3n) is 2.48. The number of carbonyl (C=O) groups is 1. The number of carboxylic acid groups (broad SMARTS) is 1. The second-order valence-electron chi connectivity index (χ2n) is 4.33. The Morgan fingerprint density at radius 2 is 1.70 bits per heavy atom. The number of carboxylic acids is 1. The van der Waals surface area contributed by atoms with Gasteiger partial charge in [-0.05, 0) is 24.6 Å². The molecule has 0 aliphatic rings. The Balaban J connectivity index is 2.89. The largest absolute Gasteiger partial charge is 0.480 e. The van der Waals surface area contributed by atoms with Gasteiger partial charge >= 0.3 is 5.97 Å². The first-order valence-electron chi connectivity index (χ1n) is 5.53. The monoisotopic (exact) mass is 321 g/mol. The summed E-state index contributed by atoms with van der Waals surface area (Å²) in [5.41, 5.74) is 0.534. The normalized spacial score (nSPS) is 13.9. The highest BCUT2D eigenvalue weighted by Crippen LogP contribution is 2.16. The van der Waals surface area contributed by atoms with Crippen molar-refractivity contribution in [3.05, 3.63) is 29.8 Å². The molecule has 0 aromatic heterocycles. The lowest BCUT2D eigenvalue weighted by molar-refractivity contribution is -0.134. The zero-order valence-electron chi connectivity index (χ0n) is 10.9. The molecule has 0 spiro atoms. The van der Waals surface area contributed by atoms with Crippen molar-refractivity contribution in [2.24, 2.45) is 0 Å². The van der Waals surface area contributed by atoms with Crippen molar-refractivity contribution in [3.63, 3.8) is 0 Å². The van der Waals surface area contributed by atoms with Crippen LogP contribution in [0.2, 0.25) is 0 Å². The van der Waals surface area contributed by atoms with Crippen LogP contribution in [0.15, 0.2) is 29.2 Å². The Bertz CT molecular complexity index is 691. The summed E-state index contributed by atoms with van der Waals surface area (Å²) in [6.07, 6.45) is 1.07. The van der Waals surface area contributed by atoms with Crippen LogP contribution in [-0.4, -0.2) is 39.9 Å². The van der Waals surface area contributed by atoms with Crippen molar-refractivity contribution in [2.75, 3.05) is 12.0 Å². The molecule has 1 unspecified atom stereocenters. The molecule has 9 heteroatoms. The number of sulfonamides is 1. The molecule has 0 heterocycles. The van der Waals surface area contributed by atoms with Crippen LogP contribution >= 0.6 is 0 Å². The SMILES string of the molecule is CC(NS(=O)(=O)CC(=O)O)c1ccc(S(C)(=O)=O)cc1. The standard InChI is InChI=1S/C11H15NO6S2/c1-8(12-20(17,18)7-11(13)14)9-3-5-10(6-4-9)19(2,15)16/h3-6,8,12H,7H2,1-2H3,(H,13,14). The second kappa shape index (κ2) is 5.90. The molecule has 0 bridgehead atoms. The molecular weight excluding hydrogens is 306 g/mol. The minimum atomic E-state index is -3.93. The fourth-order valence-corrected chi connectivity index (χ4v) is 3.26. The molecule has 0 amide bonds. The molecule has 1 aromatic carbocycles. The van der Waals surface area contributed by atoms with E-state index in [4.69, 9.17) is 5.11 Å². The van der Waals surface area contributed by atoms with Gasteiger partial charge in [0.2, 0.25) is 10.0 Å². The van der Waals surface area contributed by atoms with E-state index in [-0.39, 0.29) is 4.90 Å². The first kappa shape index (κ1) is 16.6. The molecule has 2 N–H and O–H groups in total. The fraction of sp³-hybridized carbons (Fsp3) is 0.364. The van der Waals surface area contributed by atoms with E-state index < -0.39 is 37.6 Å². The highest BCUT2D eigenvalue weighted by atomic mass is 32.2. The van der Waals surface area contributed by atoms with Gasteiger partial charge < -0.3 is 5.11 Å². The van der Waals surface area contributed by atoms with E-state index >= 15 is 0 Å². The lowest BCUT2D eigenvalue weighted by Gasteiger charge is -2.14. The number of hydrogen-bond acceptors (Lipinski definition) is 5. The maximum atomic E-state index is 11.5. The Kier molecular flexibility index (Phi) is 4.90. The third-order valence-corrected chi connectivity index (χ3v) is 4.95. The van der Waals surface area contributed by atoms with Crippen molar-refractivity contribution in [1.82, 2.24) is 4.72 Å². The van der Waals surface area contributed by atoms with Crippen LogP contribution in [-0.2, 0) is 24.7 Å². The van der Waals surface area contributed by atoms with Crippen LogP contribution in [0.1, 0.15) is 18.5 Å². The Hall–Kier alpha value is -1.45. The molecule has 7 nitrogen and oxygen atoms in total. The number of sulfone groups is 1. The molecular formula is C11H15NO6S2. The van der Waals surface area contributed by atoms with Crippen molar-refractivity contribution < 1.29 is 26.7 Å². The van der Waals surface area contributed by atoms with E-state index in [0.29, 0.717) is 5.56 Å². The number of rotatable bonds is 6. The third kappa shape index (κ3) is 4.91. The molecule has 1 aromatic rings. The minimum absolute atomic E-state index is 0.127. The minimum Gasteiger partial charge on any atom is -0.480 e. The van der Waals surface area contributed by atoms with Gasteiger partial charge in [-0.25, -0.2) is 21.6 Å². The van der Waals surface area contributed by atoms with Gasteiger partial charge in [0.05, 0.1) is 4.90 Å². The summed E-state index contributed by atoms with van der Waals surface area (Å²) in [6.45, 7) is 1.54. The van der Waals surface area contributed by atoms with Crippen molar-refractivity contribution in [2.45, 2.75) is 17.9 Å². The summed E-state index contributed by atoms with van der Waals surface area (Å²) in [4.78, 5) is 10.5. The number of aliphatic carboxylic acids is 1. The summed E-state index contributed by atoms with van der Waals surface area (Å²) >= 11 is 0. The second-order valence-corrected chi connectivity index (χ2v) is 8.10. The fourth-order valence-electron chi connectivity index (χ4n) is 1.55. The van der Waals surface area contributed by atoms with Crippen LogP contribution in [0.4, 0.5) is 0 Å². The zero-order chi connectivity index (χ0) is 15.6. The average Bonchev–Trinajstić information content (AvgIpc) is 2.25. The van der Waals surface area contributed by atoms with Gasteiger partial charge in [-0.3, -0.25) is 4.79 Å². The van der Waals surface area contributed by atoms with Crippen LogP contribution in [0, 0.1) is 0 Å². The summed E-state index contributed by atoms with van der Waals surface area (Å²) in [6, 6.07) is 5.03. The van der Waals surface area contributed by atoms with Gasteiger partial charge in [-0.15, -0.1) is 0 Å².